The Morgan fingerprint density at radius 1 is 1.00 bits per heavy atom. The molecular weight excluding hydrogens is 268 g/mol. The maximum absolute atomic E-state index is 12.1. The summed E-state index contributed by atoms with van der Waals surface area (Å²) < 4.78 is 1.58. The van der Waals surface area contributed by atoms with Crippen molar-refractivity contribution < 1.29 is 0 Å². The summed E-state index contributed by atoms with van der Waals surface area (Å²) in [5.74, 6) is 0. The van der Waals surface area contributed by atoms with Gasteiger partial charge in [0.25, 0.3) is 5.56 Å². The molecule has 100 valence electrons. The summed E-state index contributed by atoms with van der Waals surface area (Å²) in [5, 5.41) is 0.725. The molecule has 4 heteroatoms. The summed E-state index contributed by atoms with van der Waals surface area (Å²) in [4.78, 5) is 17.7. The van der Waals surface area contributed by atoms with Gasteiger partial charge in [0.1, 0.15) is 10.7 Å². The predicted molar refractivity (Wildman–Crippen MR) is 81.5 cm³/mol. The molecule has 1 aromatic carbocycles. The average Bonchev–Trinajstić information content (AvgIpc) is 2.42. The number of nitrogens with zero attached hydrogens (tertiary/aromatic N) is 2. The maximum atomic E-state index is 12.1. The summed E-state index contributed by atoms with van der Waals surface area (Å²) in [6.45, 7) is 4.01. The molecular formula is C16H14N2OS. The fraction of sp³-hybridized carbons (Fsp3) is 0.125. The fourth-order valence-electron chi connectivity index (χ4n) is 1.97. The average molecular weight is 282 g/mol. The van der Waals surface area contributed by atoms with Crippen molar-refractivity contribution in [3.8, 4) is 0 Å². The summed E-state index contributed by atoms with van der Waals surface area (Å²) in [7, 11) is 0. The standard InChI is InChI=1S/C16H14N2OS/c1-11-3-6-13(7-4-11)20-15-9-16(19)18-10-12(2)5-8-14(18)17-15/h3-10H,1-2H3. The van der Waals surface area contributed by atoms with Crippen LogP contribution in [0.3, 0.4) is 0 Å². The van der Waals surface area contributed by atoms with Crippen molar-refractivity contribution in [2.75, 3.05) is 0 Å². The molecule has 0 amide bonds. The van der Waals surface area contributed by atoms with E-state index in [2.05, 4.69) is 24.0 Å². The van der Waals surface area contributed by atoms with E-state index >= 15 is 0 Å². The van der Waals surface area contributed by atoms with Gasteiger partial charge in [0.05, 0.1) is 0 Å². The number of aromatic nitrogens is 2. The maximum Gasteiger partial charge on any atom is 0.258 e. The van der Waals surface area contributed by atoms with Crippen LogP contribution in [0.2, 0.25) is 0 Å². The van der Waals surface area contributed by atoms with Crippen molar-refractivity contribution in [1.82, 2.24) is 9.38 Å². The van der Waals surface area contributed by atoms with E-state index in [4.69, 9.17) is 0 Å². The third kappa shape index (κ3) is 2.60. The molecule has 0 radical (unpaired) electrons. The predicted octanol–water partition coefficient (Wildman–Crippen LogP) is 3.46. The Kier molecular flexibility index (Phi) is 3.32. The normalized spacial score (nSPS) is 10.9. The molecule has 0 fully saturated rings. The number of benzene rings is 1. The molecule has 0 atom stereocenters. The van der Waals surface area contributed by atoms with Gasteiger partial charge in [-0.05, 0) is 37.6 Å². The number of hydrogen-bond donors (Lipinski definition) is 0. The Labute approximate surface area is 121 Å². The lowest BCUT2D eigenvalue weighted by Crippen LogP contribution is -2.14. The smallest absolute Gasteiger partial charge is 0.258 e. The van der Waals surface area contributed by atoms with Crippen LogP contribution in [0, 0.1) is 13.8 Å². The van der Waals surface area contributed by atoms with Crippen LogP contribution in [0.4, 0.5) is 0 Å². The van der Waals surface area contributed by atoms with Gasteiger partial charge in [0.2, 0.25) is 0 Å². The summed E-state index contributed by atoms with van der Waals surface area (Å²) in [6.07, 6.45) is 1.81. The highest BCUT2D eigenvalue weighted by molar-refractivity contribution is 7.99. The molecule has 0 N–H and O–H groups in total. The van der Waals surface area contributed by atoms with Crippen LogP contribution in [0.15, 0.2) is 63.4 Å². The molecule has 0 bridgehead atoms. The van der Waals surface area contributed by atoms with E-state index < -0.39 is 0 Å². The van der Waals surface area contributed by atoms with Crippen molar-refractivity contribution in [3.05, 3.63) is 70.1 Å². The molecule has 0 saturated carbocycles. The zero-order valence-corrected chi connectivity index (χ0v) is 12.1. The van der Waals surface area contributed by atoms with Crippen LogP contribution in [-0.4, -0.2) is 9.38 Å². The third-order valence-corrected chi connectivity index (χ3v) is 3.95. The van der Waals surface area contributed by atoms with E-state index in [0.29, 0.717) is 5.65 Å². The number of hydrogen-bond acceptors (Lipinski definition) is 3. The lowest BCUT2D eigenvalue weighted by Gasteiger charge is -2.05. The van der Waals surface area contributed by atoms with Crippen LogP contribution in [0.5, 0.6) is 0 Å². The second-order valence-electron chi connectivity index (χ2n) is 4.78. The van der Waals surface area contributed by atoms with Crippen LogP contribution in [0.25, 0.3) is 5.65 Å². The van der Waals surface area contributed by atoms with Crippen LogP contribution in [-0.2, 0) is 0 Å². The molecule has 0 aliphatic rings. The Balaban J connectivity index is 2.02. The van der Waals surface area contributed by atoms with Gasteiger partial charge in [-0.15, -0.1) is 0 Å². The molecule has 0 aliphatic heterocycles. The fourth-order valence-corrected chi connectivity index (χ4v) is 2.78. The van der Waals surface area contributed by atoms with Gasteiger partial charge in [0, 0.05) is 17.2 Å². The van der Waals surface area contributed by atoms with E-state index in [1.54, 1.807) is 10.5 Å². The number of fused-ring (bicyclic) bond motifs is 1. The molecule has 0 saturated heterocycles. The van der Waals surface area contributed by atoms with Gasteiger partial charge in [-0.25, -0.2) is 4.98 Å². The first-order valence-corrected chi connectivity index (χ1v) is 7.18. The highest BCUT2D eigenvalue weighted by Gasteiger charge is 2.04. The number of pyridine rings is 1. The molecule has 20 heavy (non-hydrogen) atoms. The number of aryl methyl sites for hydroxylation is 2. The van der Waals surface area contributed by atoms with E-state index in [1.165, 1.54) is 17.3 Å². The minimum atomic E-state index is -0.0479. The minimum Gasteiger partial charge on any atom is -0.269 e. The molecule has 0 spiro atoms. The van der Waals surface area contributed by atoms with Crippen LogP contribution >= 0.6 is 11.8 Å². The van der Waals surface area contributed by atoms with E-state index in [9.17, 15) is 4.79 Å². The van der Waals surface area contributed by atoms with Gasteiger partial charge in [-0.3, -0.25) is 9.20 Å². The van der Waals surface area contributed by atoms with E-state index in [1.807, 2.05) is 37.4 Å². The van der Waals surface area contributed by atoms with Crippen LogP contribution < -0.4 is 5.56 Å². The number of rotatable bonds is 2. The van der Waals surface area contributed by atoms with Crippen molar-refractivity contribution >= 4 is 17.4 Å². The molecule has 2 heterocycles. The molecule has 3 nitrogen and oxygen atoms in total. The van der Waals surface area contributed by atoms with Gasteiger partial charge in [-0.2, -0.15) is 0 Å². The monoisotopic (exact) mass is 282 g/mol. The zero-order valence-electron chi connectivity index (χ0n) is 11.3. The van der Waals surface area contributed by atoms with Gasteiger partial charge >= 0.3 is 0 Å². The molecule has 3 aromatic rings. The SMILES string of the molecule is Cc1ccc(Sc2cc(=O)n3cc(C)ccc3n2)cc1. The first kappa shape index (κ1) is 12.9. The molecule has 3 rings (SSSR count). The Morgan fingerprint density at radius 2 is 1.70 bits per heavy atom. The van der Waals surface area contributed by atoms with E-state index in [0.717, 1.165) is 15.5 Å². The topological polar surface area (TPSA) is 34.4 Å². The third-order valence-electron chi connectivity index (χ3n) is 3.03. The summed E-state index contributed by atoms with van der Waals surface area (Å²) in [5.41, 5.74) is 2.89. The van der Waals surface area contributed by atoms with Crippen LogP contribution in [0.1, 0.15) is 11.1 Å². The second-order valence-corrected chi connectivity index (χ2v) is 5.88. The van der Waals surface area contributed by atoms with Crippen molar-refractivity contribution in [3.63, 3.8) is 0 Å². The van der Waals surface area contributed by atoms with Crippen molar-refractivity contribution in [1.29, 1.82) is 0 Å². The highest BCUT2D eigenvalue weighted by Crippen LogP contribution is 2.25. The molecule has 2 aromatic heterocycles. The summed E-state index contributed by atoms with van der Waals surface area (Å²) >= 11 is 1.51. The zero-order chi connectivity index (χ0) is 14.1. The van der Waals surface area contributed by atoms with Gasteiger partial charge < -0.3 is 0 Å². The van der Waals surface area contributed by atoms with Gasteiger partial charge in [-0.1, -0.05) is 35.5 Å². The van der Waals surface area contributed by atoms with Gasteiger partial charge in [0.15, 0.2) is 0 Å². The largest absolute Gasteiger partial charge is 0.269 e. The Bertz CT molecular complexity index is 822. The second kappa shape index (κ2) is 5.13. The molecule has 0 unspecified atom stereocenters. The minimum absolute atomic E-state index is 0.0479. The van der Waals surface area contributed by atoms with Crippen molar-refractivity contribution in [2.24, 2.45) is 0 Å². The quantitative estimate of drug-likeness (QED) is 0.675. The Morgan fingerprint density at radius 3 is 2.45 bits per heavy atom. The summed E-state index contributed by atoms with van der Waals surface area (Å²) in [6, 6.07) is 13.6. The first-order chi connectivity index (χ1) is 9.61. The highest BCUT2D eigenvalue weighted by atomic mass is 32.2. The lowest BCUT2D eigenvalue weighted by molar-refractivity contribution is 0.977. The van der Waals surface area contributed by atoms with Crippen molar-refractivity contribution in [2.45, 2.75) is 23.8 Å². The first-order valence-electron chi connectivity index (χ1n) is 6.36. The molecule has 0 aliphatic carbocycles. The van der Waals surface area contributed by atoms with E-state index in [-0.39, 0.29) is 5.56 Å². The lowest BCUT2D eigenvalue weighted by atomic mass is 10.2. The Hall–Kier alpha value is -2.07.